The Morgan fingerprint density at radius 1 is 1.14 bits per heavy atom. The van der Waals surface area contributed by atoms with Gasteiger partial charge in [0.25, 0.3) is 0 Å². The molecule has 1 fully saturated rings. The van der Waals surface area contributed by atoms with E-state index in [2.05, 4.69) is 31.2 Å². The fourth-order valence-electron chi connectivity index (χ4n) is 5.52. The molecule has 2 atom stereocenters. The Labute approximate surface area is 221 Å². The molecule has 7 nitrogen and oxygen atoms in total. The van der Waals surface area contributed by atoms with Gasteiger partial charge in [-0.2, -0.15) is 0 Å². The first-order valence-corrected chi connectivity index (χ1v) is 14.0. The van der Waals surface area contributed by atoms with Gasteiger partial charge in [0.2, 0.25) is 0 Å². The average molecular weight is 516 g/mol. The quantitative estimate of drug-likeness (QED) is 0.322. The van der Waals surface area contributed by atoms with E-state index in [1.807, 2.05) is 49.4 Å². The summed E-state index contributed by atoms with van der Waals surface area (Å²) in [6.07, 6.45) is 8.78. The molecular formula is C29H33N5O2S. The smallest absolute Gasteiger partial charge is 0.145 e. The molecule has 4 heterocycles. The minimum absolute atomic E-state index is 0.136. The van der Waals surface area contributed by atoms with Gasteiger partial charge in [-0.05, 0) is 99.9 Å². The second kappa shape index (κ2) is 10.4. The van der Waals surface area contributed by atoms with Crippen LogP contribution in [0.4, 0.5) is 11.5 Å². The van der Waals surface area contributed by atoms with Crippen LogP contribution in [0.2, 0.25) is 0 Å². The first kappa shape index (κ1) is 24.3. The van der Waals surface area contributed by atoms with Crippen molar-refractivity contribution in [2.75, 3.05) is 25.0 Å². The summed E-state index contributed by atoms with van der Waals surface area (Å²) in [5, 5.41) is 14.5. The van der Waals surface area contributed by atoms with Crippen molar-refractivity contribution in [3.63, 3.8) is 0 Å². The summed E-state index contributed by atoms with van der Waals surface area (Å²) in [6, 6.07) is 10.00. The Balaban J connectivity index is 1.17. The van der Waals surface area contributed by atoms with E-state index in [-0.39, 0.29) is 6.10 Å². The normalized spacial score (nSPS) is 19.8. The molecule has 8 heteroatoms. The van der Waals surface area contributed by atoms with Gasteiger partial charge >= 0.3 is 0 Å². The molecule has 6 rings (SSSR count). The van der Waals surface area contributed by atoms with Gasteiger partial charge in [-0.1, -0.05) is 0 Å². The van der Waals surface area contributed by atoms with Crippen molar-refractivity contribution >= 4 is 33.1 Å². The van der Waals surface area contributed by atoms with E-state index in [0.29, 0.717) is 5.92 Å². The van der Waals surface area contributed by atoms with Crippen LogP contribution in [0.3, 0.4) is 0 Å². The van der Waals surface area contributed by atoms with E-state index in [1.165, 1.54) is 28.7 Å². The number of aromatic nitrogens is 3. The number of nitrogens with zero attached hydrogens (tertiary/aromatic N) is 4. The molecule has 0 saturated carbocycles. The van der Waals surface area contributed by atoms with Gasteiger partial charge in [0.1, 0.15) is 28.5 Å². The van der Waals surface area contributed by atoms with Crippen molar-refractivity contribution in [3.05, 3.63) is 64.6 Å². The summed E-state index contributed by atoms with van der Waals surface area (Å²) in [4.78, 5) is 18.5. The number of aryl methyl sites for hydroxylation is 3. The van der Waals surface area contributed by atoms with Crippen molar-refractivity contribution in [1.29, 1.82) is 0 Å². The van der Waals surface area contributed by atoms with Gasteiger partial charge in [-0.3, -0.25) is 4.98 Å². The molecule has 1 saturated heterocycles. The van der Waals surface area contributed by atoms with Crippen LogP contribution in [-0.2, 0) is 12.8 Å². The van der Waals surface area contributed by atoms with Crippen LogP contribution in [0.25, 0.3) is 10.2 Å². The third-order valence-electron chi connectivity index (χ3n) is 7.60. The van der Waals surface area contributed by atoms with Crippen molar-refractivity contribution in [2.24, 2.45) is 5.92 Å². The molecule has 2 N–H and O–H groups in total. The van der Waals surface area contributed by atoms with E-state index >= 15 is 0 Å². The molecule has 1 aromatic carbocycles. The van der Waals surface area contributed by atoms with Gasteiger partial charge < -0.3 is 20.1 Å². The van der Waals surface area contributed by atoms with Gasteiger partial charge in [0.15, 0.2) is 0 Å². The number of aliphatic hydroxyl groups excluding tert-OH is 1. The van der Waals surface area contributed by atoms with E-state index in [0.717, 1.165) is 78.0 Å². The summed E-state index contributed by atoms with van der Waals surface area (Å²) in [6.45, 7) is 6.97. The fourth-order valence-corrected chi connectivity index (χ4v) is 6.82. The number of fused-ring (bicyclic) bond motifs is 3. The number of nitrogens with one attached hydrogen (secondary N) is 1. The van der Waals surface area contributed by atoms with Gasteiger partial charge in [0, 0.05) is 29.3 Å². The maximum atomic E-state index is 9.81. The first-order chi connectivity index (χ1) is 18.0. The van der Waals surface area contributed by atoms with Crippen LogP contribution in [0.5, 0.6) is 11.5 Å². The van der Waals surface area contributed by atoms with Crippen molar-refractivity contribution < 1.29 is 9.84 Å². The molecule has 192 valence electrons. The van der Waals surface area contributed by atoms with E-state index < -0.39 is 0 Å². The van der Waals surface area contributed by atoms with E-state index in [1.54, 1.807) is 12.5 Å². The standard InChI is InChI=1S/C29H33N5O2S/c1-18-13-21(5-8-25(18)36-23-6-3-19(2)30-15-23)33-28-27-24-7-4-20(9-11-34-12-10-22(35)16-34)14-26(24)37-29(27)32-17-31-28/h3,5-6,8,13,15,17,20,22,35H,4,7,9-12,14,16H2,1-2H3,(H,31,32,33). The molecule has 4 aromatic rings. The highest BCUT2D eigenvalue weighted by atomic mass is 32.1. The molecule has 37 heavy (non-hydrogen) atoms. The molecule has 1 aliphatic carbocycles. The number of likely N-dealkylation sites (tertiary alicyclic amines) is 1. The Morgan fingerprint density at radius 2 is 2.05 bits per heavy atom. The average Bonchev–Trinajstić information content (AvgIpc) is 3.48. The number of aliphatic hydroxyl groups is 1. The molecule has 2 unspecified atom stereocenters. The lowest BCUT2D eigenvalue weighted by atomic mass is 9.85. The third-order valence-corrected chi connectivity index (χ3v) is 8.76. The Kier molecular flexibility index (Phi) is 6.80. The maximum absolute atomic E-state index is 9.81. The molecule has 0 amide bonds. The minimum atomic E-state index is -0.136. The molecule has 3 aromatic heterocycles. The number of β-amino-alcohol motifs (C(OH)–C–C–N with tert-alkyl or cyclic N) is 1. The predicted octanol–water partition coefficient (Wildman–Crippen LogP) is 5.80. The van der Waals surface area contributed by atoms with E-state index in [4.69, 9.17) is 4.74 Å². The highest BCUT2D eigenvalue weighted by Gasteiger charge is 2.27. The molecule has 0 spiro atoms. The van der Waals surface area contributed by atoms with Crippen LogP contribution in [0.15, 0.2) is 42.9 Å². The minimum Gasteiger partial charge on any atom is -0.455 e. The summed E-state index contributed by atoms with van der Waals surface area (Å²) in [7, 11) is 0. The topological polar surface area (TPSA) is 83.4 Å². The van der Waals surface area contributed by atoms with Crippen LogP contribution in [-0.4, -0.2) is 50.7 Å². The number of thiophene rings is 1. The second-order valence-corrected chi connectivity index (χ2v) is 11.5. The largest absolute Gasteiger partial charge is 0.455 e. The zero-order chi connectivity index (χ0) is 25.4. The third kappa shape index (κ3) is 5.32. The van der Waals surface area contributed by atoms with Crippen LogP contribution in [0.1, 0.15) is 41.0 Å². The van der Waals surface area contributed by atoms with Crippen molar-refractivity contribution in [2.45, 2.75) is 52.1 Å². The van der Waals surface area contributed by atoms with Crippen LogP contribution in [0, 0.1) is 19.8 Å². The predicted molar refractivity (Wildman–Crippen MR) is 148 cm³/mol. The molecule has 0 bridgehead atoms. The number of hydrogen-bond acceptors (Lipinski definition) is 8. The highest BCUT2D eigenvalue weighted by Crippen LogP contribution is 2.41. The lowest BCUT2D eigenvalue weighted by Crippen LogP contribution is -2.26. The second-order valence-electron chi connectivity index (χ2n) is 10.4. The summed E-state index contributed by atoms with van der Waals surface area (Å²) in [5.41, 5.74) is 4.40. The monoisotopic (exact) mass is 515 g/mol. The summed E-state index contributed by atoms with van der Waals surface area (Å²) in [5.74, 6) is 3.11. The zero-order valence-electron chi connectivity index (χ0n) is 21.4. The first-order valence-electron chi connectivity index (χ1n) is 13.2. The number of benzene rings is 1. The van der Waals surface area contributed by atoms with Crippen LogP contribution >= 0.6 is 11.3 Å². The molecular weight excluding hydrogens is 482 g/mol. The molecule has 0 radical (unpaired) electrons. The Morgan fingerprint density at radius 3 is 2.84 bits per heavy atom. The fraction of sp³-hybridized carbons (Fsp3) is 0.414. The summed E-state index contributed by atoms with van der Waals surface area (Å²) < 4.78 is 6.04. The zero-order valence-corrected chi connectivity index (χ0v) is 22.2. The number of ether oxygens (including phenoxy) is 1. The van der Waals surface area contributed by atoms with Gasteiger partial charge in [0.05, 0.1) is 17.7 Å². The van der Waals surface area contributed by atoms with Gasteiger partial charge in [-0.25, -0.2) is 9.97 Å². The lowest BCUT2D eigenvalue weighted by Gasteiger charge is -2.25. The number of rotatable bonds is 7. The Bertz CT molecular complexity index is 1400. The van der Waals surface area contributed by atoms with Crippen molar-refractivity contribution in [1.82, 2.24) is 19.9 Å². The molecule has 1 aliphatic heterocycles. The van der Waals surface area contributed by atoms with E-state index in [9.17, 15) is 5.11 Å². The molecule has 2 aliphatic rings. The number of hydrogen-bond donors (Lipinski definition) is 2. The SMILES string of the molecule is Cc1ccc(Oc2ccc(Nc3ncnc4sc5c(c34)CCC(CCN3CCC(O)C3)C5)cc2C)cn1. The number of anilines is 2. The highest BCUT2D eigenvalue weighted by molar-refractivity contribution is 7.19. The van der Waals surface area contributed by atoms with Crippen LogP contribution < -0.4 is 10.1 Å². The van der Waals surface area contributed by atoms with Gasteiger partial charge in [-0.15, -0.1) is 11.3 Å². The van der Waals surface area contributed by atoms with Crippen molar-refractivity contribution in [3.8, 4) is 11.5 Å². The number of pyridine rings is 1. The maximum Gasteiger partial charge on any atom is 0.145 e. The summed E-state index contributed by atoms with van der Waals surface area (Å²) >= 11 is 1.82. The Hall–Kier alpha value is -3.07. The lowest BCUT2D eigenvalue weighted by molar-refractivity contribution is 0.173.